The quantitative estimate of drug-likeness (QED) is 0.484. The zero-order chi connectivity index (χ0) is 24.0. The number of anilines is 2. The van der Waals surface area contributed by atoms with Crippen molar-refractivity contribution in [1.82, 2.24) is 0 Å². The number of rotatable bonds is 8. The number of hydrogen-bond donors (Lipinski definition) is 2. The van der Waals surface area contributed by atoms with Gasteiger partial charge in [0.2, 0.25) is 0 Å². The van der Waals surface area contributed by atoms with Crippen LogP contribution in [0.25, 0.3) is 0 Å². The number of carbonyl (C=O) groups excluding carboxylic acids is 3. The number of amides is 1. The molecule has 10 heteroatoms. The highest BCUT2D eigenvalue weighted by Gasteiger charge is 2.18. The van der Waals surface area contributed by atoms with Gasteiger partial charge in [0.05, 0.1) is 28.7 Å². The number of sulfonamides is 1. The molecule has 0 spiro atoms. The lowest BCUT2D eigenvalue weighted by Crippen LogP contribution is -2.24. The molecular weight excluding hydrogens is 448 g/mol. The van der Waals surface area contributed by atoms with Crippen LogP contribution >= 0.6 is 0 Å². The Labute approximate surface area is 190 Å². The maximum atomic E-state index is 12.8. The van der Waals surface area contributed by atoms with E-state index in [0.717, 1.165) is 6.07 Å². The van der Waals surface area contributed by atoms with Crippen LogP contribution in [0, 0.1) is 0 Å². The molecule has 2 N–H and O–H groups in total. The lowest BCUT2D eigenvalue weighted by molar-refractivity contribution is -0.254. The van der Waals surface area contributed by atoms with Crippen LogP contribution in [0.2, 0.25) is 0 Å². The van der Waals surface area contributed by atoms with Gasteiger partial charge >= 0.3 is 5.97 Å². The number of para-hydroxylation sites is 1. The molecule has 0 aliphatic carbocycles. The molecule has 0 aliphatic heterocycles. The third-order valence-electron chi connectivity index (χ3n) is 4.45. The molecule has 0 heterocycles. The van der Waals surface area contributed by atoms with Crippen LogP contribution in [0.15, 0.2) is 77.7 Å². The third kappa shape index (κ3) is 5.74. The number of esters is 1. The fourth-order valence-corrected chi connectivity index (χ4v) is 3.98. The number of aromatic carboxylic acids is 1. The Balaban J connectivity index is 1.79. The Bertz CT molecular complexity index is 1300. The van der Waals surface area contributed by atoms with Crippen molar-refractivity contribution < 1.29 is 32.6 Å². The summed E-state index contributed by atoms with van der Waals surface area (Å²) in [6.07, 6.45) is 0. The van der Waals surface area contributed by atoms with Crippen LogP contribution in [-0.2, 0) is 14.8 Å². The molecule has 3 aromatic rings. The van der Waals surface area contributed by atoms with E-state index in [1.54, 1.807) is 13.0 Å². The van der Waals surface area contributed by atoms with E-state index in [9.17, 15) is 27.9 Å². The van der Waals surface area contributed by atoms with Gasteiger partial charge in [0.15, 0.2) is 0 Å². The van der Waals surface area contributed by atoms with Crippen LogP contribution in [-0.4, -0.2) is 32.9 Å². The predicted octanol–water partition coefficient (Wildman–Crippen LogP) is 2.28. The molecule has 0 atom stereocenters. The van der Waals surface area contributed by atoms with Gasteiger partial charge < -0.3 is 20.0 Å². The van der Waals surface area contributed by atoms with Crippen molar-refractivity contribution in [3.8, 4) is 0 Å². The monoisotopic (exact) mass is 467 g/mol. The Kier molecular flexibility index (Phi) is 7.09. The Morgan fingerprint density at radius 2 is 1.61 bits per heavy atom. The second kappa shape index (κ2) is 9.96. The number of nitrogens with one attached hydrogen (secondary N) is 2. The van der Waals surface area contributed by atoms with E-state index in [1.807, 2.05) is 0 Å². The van der Waals surface area contributed by atoms with Gasteiger partial charge in [-0.15, -0.1) is 0 Å². The highest BCUT2D eigenvalue weighted by molar-refractivity contribution is 7.92. The molecule has 0 radical (unpaired) electrons. The summed E-state index contributed by atoms with van der Waals surface area (Å²) in [4.78, 5) is 35.3. The summed E-state index contributed by atoms with van der Waals surface area (Å²) >= 11 is 0. The smallest absolute Gasteiger partial charge is 0.338 e. The van der Waals surface area contributed by atoms with Crippen LogP contribution in [0.3, 0.4) is 0 Å². The van der Waals surface area contributed by atoms with E-state index < -0.39 is 27.9 Å². The molecule has 170 valence electrons. The highest BCUT2D eigenvalue weighted by Crippen LogP contribution is 2.20. The van der Waals surface area contributed by atoms with Gasteiger partial charge in [-0.2, -0.15) is 0 Å². The summed E-state index contributed by atoms with van der Waals surface area (Å²) in [5.74, 6) is -2.68. The molecule has 0 saturated heterocycles. The Hall–Kier alpha value is -4.18. The summed E-state index contributed by atoms with van der Waals surface area (Å²) in [6, 6.07) is 16.6. The van der Waals surface area contributed by atoms with Crippen molar-refractivity contribution in [1.29, 1.82) is 0 Å². The summed E-state index contributed by atoms with van der Waals surface area (Å²) in [7, 11) is -4.06. The van der Waals surface area contributed by atoms with Gasteiger partial charge in [-0.05, 0) is 55.5 Å². The van der Waals surface area contributed by atoms with E-state index >= 15 is 0 Å². The van der Waals surface area contributed by atoms with E-state index in [-0.39, 0.29) is 39.6 Å². The molecule has 0 fully saturated rings. The first-order valence-corrected chi connectivity index (χ1v) is 11.2. The maximum Gasteiger partial charge on any atom is 0.338 e. The number of carboxylic acid groups (broad SMARTS) is 1. The molecule has 33 heavy (non-hydrogen) atoms. The summed E-state index contributed by atoms with van der Waals surface area (Å²) in [5.41, 5.74) is 0.304. The fourth-order valence-electron chi connectivity index (χ4n) is 2.87. The topological polar surface area (TPSA) is 142 Å². The van der Waals surface area contributed by atoms with E-state index in [2.05, 4.69) is 10.0 Å². The predicted molar refractivity (Wildman–Crippen MR) is 118 cm³/mol. The van der Waals surface area contributed by atoms with E-state index in [1.165, 1.54) is 60.7 Å². The average molecular weight is 467 g/mol. The van der Waals surface area contributed by atoms with Crippen LogP contribution in [0.4, 0.5) is 11.4 Å². The normalized spacial score (nSPS) is 10.8. The van der Waals surface area contributed by atoms with Crippen molar-refractivity contribution in [3.05, 3.63) is 89.5 Å². The van der Waals surface area contributed by atoms with Gasteiger partial charge in [-0.25, -0.2) is 13.2 Å². The Morgan fingerprint density at radius 3 is 2.27 bits per heavy atom. The van der Waals surface area contributed by atoms with Gasteiger partial charge in [-0.3, -0.25) is 9.52 Å². The lowest BCUT2D eigenvalue weighted by Gasteiger charge is -2.13. The van der Waals surface area contributed by atoms with Crippen molar-refractivity contribution in [3.63, 3.8) is 0 Å². The van der Waals surface area contributed by atoms with Gasteiger partial charge in [-0.1, -0.05) is 24.3 Å². The van der Waals surface area contributed by atoms with Crippen molar-refractivity contribution in [2.45, 2.75) is 11.8 Å². The van der Waals surface area contributed by atoms with Crippen LogP contribution in [0.1, 0.15) is 38.0 Å². The van der Waals surface area contributed by atoms with Gasteiger partial charge in [0, 0.05) is 16.8 Å². The molecule has 0 aromatic heterocycles. The van der Waals surface area contributed by atoms with E-state index in [0.29, 0.717) is 0 Å². The second-order valence-corrected chi connectivity index (χ2v) is 8.40. The third-order valence-corrected chi connectivity index (χ3v) is 5.83. The maximum absolute atomic E-state index is 12.8. The summed E-state index contributed by atoms with van der Waals surface area (Å²) in [5, 5.41) is 13.7. The lowest BCUT2D eigenvalue weighted by atomic mass is 10.1. The minimum absolute atomic E-state index is 0.00341. The van der Waals surface area contributed by atoms with Gasteiger partial charge in [0.25, 0.3) is 15.9 Å². The minimum atomic E-state index is -4.06. The molecule has 1 amide bonds. The van der Waals surface area contributed by atoms with Crippen LogP contribution in [0.5, 0.6) is 0 Å². The molecule has 0 unspecified atom stereocenters. The number of ether oxygens (including phenoxy) is 1. The second-order valence-electron chi connectivity index (χ2n) is 6.72. The molecule has 0 bridgehead atoms. The average Bonchev–Trinajstić information content (AvgIpc) is 2.80. The molecule has 9 nitrogen and oxygen atoms in total. The number of carboxylic acids is 1. The van der Waals surface area contributed by atoms with Crippen molar-refractivity contribution in [2.75, 3.05) is 16.6 Å². The highest BCUT2D eigenvalue weighted by atomic mass is 32.2. The zero-order valence-corrected chi connectivity index (χ0v) is 18.2. The minimum Gasteiger partial charge on any atom is -0.545 e. The summed E-state index contributed by atoms with van der Waals surface area (Å²) < 4.78 is 32.8. The molecule has 3 aromatic carbocycles. The molecule has 3 rings (SSSR count). The standard InChI is InChI=1S/C23H20N2O7S/c1-2-32-23(29)15-10-12-17(13-11-15)25-33(30,31)18-7-5-6-16(14-18)21(26)24-20-9-4-3-8-19(20)22(27)28/h3-14,25H,2H2,1H3,(H,24,26)(H,27,28)/p-1. The Morgan fingerprint density at radius 1 is 0.909 bits per heavy atom. The number of hydrogen-bond acceptors (Lipinski definition) is 7. The first-order chi connectivity index (χ1) is 15.7. The number of carbonyl (C=O) groups is 3. The summed E-state index contributed by atoms with van der Waals surface area (Å²) in [6.45, 7) is 1.90. The first-order valence-electron chi connectivity index (χ1n) is 9.73. The number of benzene rings is 3. The fraction of sp³-hybridized carbons (Fsp3) is 0.0870. The van der Waals surface area contributed by atoms with Crippen molar-refractivity contribution >= 4 is 39.2 Å². The molecule has 0 saturated carbocycles. The first kappa shape index (κ1) is 23.5. The van der Waals surface area contributed by atoms with Crippen LogP contribution < -0.4 is 15.1 Å². The largest absolute Gasteiger partial charge is 0.545 e. The SMILES string of the molecule is CCOC(=O)c1ccc(NS(=O)(=O)c2cccc(C(=O)Nc3ccccc3C(=O)[O-])c2)cc1. The zero-order valence-electron chi connectivity index (χ0n) is 17.4. The van der Waals surface area contributed by atoms with E-state index in [4.69, 9.17) is 4.74 Å². The van der Waals surface area contributed by atoms with Gasteiger partial charge in [0.1, 0.15) is 0 Å². The van der Waals surface area contributed by atoms with Crippen molar-refractivity contribution in [2.24, 2.45) is 0 Å². The molecular formula is C23H19N2O7S-. The molecule has 0 aliphatic rings.